The van der Waals surface area contributed by atoms with E-state index in [1.807, 2.05) is 0 Å². The average molecular weight is 323 g/mol. The second-order valence-corrected chi connectivity index (χ2v) is 9.27. The largest absolute Gasteiger partial charge is 0.212 e. The summed E-state index contributed by atoms with van der Waals surface area (Å²) in [6.07, 6.45) is 3.42. The zero-order valence-corrected chi connectivity index (χ0v) is 16.6. The minimum Gasteiger partial charge on any atom is -0.201 e. The van der Waals surface area contributed by atoms with Crippen LogP contribution in [0.25, 0.3) is 11.3 Å². The summed E-state index contributed by atoms with van der Waals surface area (Å²) in [6.45, 7) is 16.4. The fraction of sp³-hybridized carbons (Fsp3) is 0.522. The monoisotopic (exact) mass is 322 g/mol. The van der Waals surface area contributed by atoms with Gasteiger partial charge in [-0.1, -0.05) is 47.6 Å². The summed E-state index contributed by atoms with van der Waals surface area (Å²) < 4.78 is 2.26. The van der Waals surface area contributed by atoms with Crippen LogP contribution in [0.5, 0.6) is 0 Å². The standard InChI is InChI=1S/C23H32N/c1-15(2)17-9-10-24(8)21(12-17)18-13-20-19(11-16(18)3)22(4,5)14-23(20,6)7/h9-13,15H,14H2,1-8H3/q+1. The molecule has 0 N–H and O–H groups in total. The molecule has 1 aliphatic rings. The van der Waals surface area contributed by atoms with Gasteiger partial charge in [0.25, 0.3) is 0 Å². The van der Waals surface area contributed by atoms with Gasteiger partial charge in [-0.3, -0.25) is 0 Å². The molecule has 1 heterocycles. The molecule has 0 saturated carbocycles. The predicted molar refractivity (Wildman–Crippen MR) is 103 cm³/mol. The molecule has 1 aromatic carbocycles. The summed E-state index contributed by atoms with van der Waals surface area (Å²) in [5.41, 5.74) is 9.07. The number of aromatic nitrogens is 1. The van der Waals surface area contributed by atoms with Crippen LogP contribution in [0.15, 0.2) is 30.5 Å². The maximum absolute atomic E-state index is 2.47. The van der Waals surface area contributed by atoms with E-state index in [4.69, 9.17) is 0 Å². The van der Waals surface area contributed by atoms with Gasteiger partial charge in [0.05, 0.1) is 0 Å². The Balaban J connectivity index is 2.24. The zero-order valence-electron chi connectivity index (χ0n) is 16.6. The van der Waals surface area contributed by atoms with E-state index in [0.29, 0.717) is 5.92 Å². The minimum absolute atomic E-state index is 0.246. The predicted octanol–water partition coefficient (Wildman–Crippen LogP) is 5.57. The fourth-order valence-corrected chi connectivity index (χ4v) is 4.61. The van der Waals surface area contributed by atoms with Crippen LogP contribution in [-0.4, -0.2) is 0 Å². The van der Waals surface area contributed by atoms with Crippen LogP contribution in [0.1, 0.15) is 76.1 Å². The quantitative estimate of drug-likeness (QED) is 0.636. The summed E-state index contributed by atoms with van der Waals surface area (Å²) in [4.78, 5) is 0. The van der Waals surface area contributed by atoms with E-state index in [1.54, 1.807) is 0 Å². The van der Waals surface area contributed by atoms with Crippen molar-refractivity contribution in [2.45, 2.75) is 71.6 Å². The molecule has 0 amide bonds. The van der Waals surface area contributed by atoms with Crippen molar-refractivity contribution in [3.63, 3.8) is 0 Å². The third-order valence-corrected chi connectivity index (χ3v) is 5.82. The highest BCUT2D eigenvalue weighted by atomic mass is 14.9. The number of rotatable bonds is 2. The Bertz CT molecular complexity index is 794. The molecule has 24 heavy (non-hydrogen) atoms. The van der Waals surface area contributed by atoms with Crippen molar-refractivity contribution in [2.75, 3.05) is 0 Å². The Labute approximate surface area is 147 Å². The lowest BCUT2D eigenvalue weighted by Gasteiger charge is -2.22. The number of hydrogen-bond acceptors (Lipinski definition) is 0. The zero-order chi connectivity index (χ0) is 17.9. The van der Waals surface area contributed by atoms with Gasteiger partial charge < -0.3 is 0 Å². The molecule has 3 rings (SSSR count). The van der Waals surface area contributed by atoms with E-state index in [2.05, 4.69) is 90.5 Å². The first kappa shape index (κ1) is 17.2. The number of nitrogens with zero attached hydrogens (tertiary/aromatic N) is 1. The maximum atomic E-state index is 2.47. The SMILES string of the molecule is Cc1cc2c(cc1-c1cc(C(C)C)cc[n+]1C)C(C)(C)CC2(C)C. The Morgan fingerprint density at radius 2 is 1.54 bits per heavy atom. The van der Waals surface area contributed by atoms with Crippen LogP contribution in [0, 0.1) is 6.92 Å². The molecule has 128 valence electrons. The van der Waals surface area contributed by atoms with E-state index in [0.717, 1.165) is 0 Å². The van der Waals surface area contributed by atoms with Crippen molar-refractivity contribution < 1.29 is 4.57 Å². The van der Waals surface area contributed by atoms with Gasteiger partial charge >= 0.3 is 0 Å². The first-order valence-electron chi connectivity index (χ1n) is 9.18. The van der Waals surface area contributed by atoms with Crippen molar-refractivity contribution in [2.24, 2.45) is 7.05 Å². The lowest BCUT2D eigenvalue weighted by Crippen LogP contribution is -2.31. The van der Waals surface area contributed by atoms with E-state index >= 15 is 0 Å². The molecule has 1 heteroatoms. The lowest BCUT2D eigenvalue weighted by molar-refractivity contribution is -0.660. The Kier molecular flexibility index (Phi) is 3.90. The first-order valence-corrected chi connectivity index (χ1v) is 9.18. The second kappa shape index (κ2) is 5.44. The van der Waals surface area contributed by atoms with Gasteiger partial charge in [0.1, 0.15) is 7.05 Å². The van der Waals surface area contributed by atoms with Gasteiger partial charge in [-0.25, -0.2) is 4.57 Å². The summed E-state index contributed by atoms with van der Waals surface area (Å²) in [7, 11) is 2.15. The molecule has 0 bridgehead atoms. The van der Waals surface area contributed by atoms with Gasteiger partial charge in [-0.2, -0.15) is 0 Å². The van der Waals surface area contributed by atoms with Gasteiger partial charge in [-0.15, -0.1) is 0 Å². The molecular weight excluding hydrogens is 290 g/mol. The van der Waals surface area contributed by atoms with E-state index < -0.39 is 0 Å². The highest BCUT2D eigenvalue weighted by Crippen LogP contribution is 2.50. The fourth-order valence-electron chi connectivity index (χ4n) is 4.61. The number of pyridine rings is 1. The maximum Gasteiger partial charge on any atom is 0.212 e. The van der Waals surface area contributed by atoms with Gasteiger partial charge in [-0.05, 0) is 58.4 Å². The van der Waals surface area contributed by atoms with Gasteiger partial charge in [0.15, 0.2) is 6.20 Å². The van der Waals surface area contributed by atoms with Crippen molar-refractivity contribution >= 4 is 0 Å². The number of fused-ring (bicyclic) bond motifs is 1. The van der Waals surface area contributed by atoms with E-state index in [9.17, 15) is 0 Å². The van der Waals surface area contributed by atoms with Crippen LogP contribution in [0.2, 0.25) is 0 Å². The molecule has 0 fully saturated rings. The van der Waals surface area contributed by atoms with E-state index in [1.165, 1.54) is 39.9 Å². The Morgan fingerprint density at radius 1 is 0.958 bits per heavy atom. The number of aryl methyl sites for hydroxylation is 2. The molecule has 0 radical (unpaired) electrons. The van der Waals surface area contributed by atoms with Crippen LogP contribution in [0.3, 0.4) is 0 Å². The van der Waals surface area contributed by atoms with Crippen LogP contribution < -0.4 is 4.57 Å². The third-order valence-electron chi connectivity index (χ3n) is 5.82. The average Bonchev–Trinajstić information content (AvgIpc) is 2.63. The van der Waals surface area contributed by atoms with Crippen molar-refractivity contribution in [1.82, 2.24) is 0 Å². The van der Waals surface area contributed by atoms with Gasteiger partial charge in [0.2, 0.25) is 5.69 Å². The minimum atomic E-state index is 0.246. The smallest absolute Gasteiger partial charge is 0.201 e. The molecule has 1 aliphatic carbocycles. The lowest BCUT2D eigenvalue weighted by atomic mass is 9.82. The van der Waals surface area contributed by atoms with E-state index in [-0.39, 0.29) is 10.8 Å². The second-order valence-electron chi connectivity index (χ2n) is 9.27. The summed E-state index contributed by atoms with van der Waals surface area (Å²) in [5.74, 6) is 0.551. The molecule has 1 aromatic heterocycles. The van der Waals surface area contributed by atoms with Crippen LogP contribution >= 0.6 is 0 Å². The number of benzene rings is 1. The molecule has 0 spiro atoms. The molecule has 1 nitrogen and oxygen atoms in total. The molecule has 0 saturated heterocycles. The summed E-state index contributed by atoms with van der Waals surface area (Å²) in [6, 6.07) is 9.52. The molecule has 0 unspecified atom stereocenters. The normalized spacial score (nSPS) is 18.0. The highest BCUT2D eigenvalue weighted by Gasteiger charge is 2.42. The van der Waals surface area contributed by atoms with Crippen LogP contribution in [-0.2, 0) is 17.9 Å². The number of hydrogen-bond donors (Lipinski definition) is 0. The van der Waals surface area contributed by atoms with Crippen LogP contribution in [0.4, 0.5) is 0 Å². The van der Waals surface area contributed by atoms with Crippen molar-refractivity contribution in [1.29, 1.82) is 0 Å². The summed E-state index contributed by atoms with van der Waals surface area (Å²) >= 11 is 0. The van der Waals surface area contributed by atoms with Gasteiger partial charge in [0, 0.05) is 17.7 Å². The Morgan fingerprint density at radius 3 is 2.12 bits per heavy atom. The van der Waals surface area contributed by atoms with Crippen molar-refractivity contribution in [3.05, 3.63) is 52.7 Å². The first-order chi connectivity index (χ1) is 11.0. The molecule has 0 aliphatic heterocycles. The Hall–Kier alpha value is -1.63. The summed E-state index contributed by atoms with van der Waals surface area (Å²) in [5, 5.41) is 0. The molecule has 2 aromatic rings. The van der Waals surface area contributed by atoms with Crippen molar-refractivity contribution in [3.8, 4) is 11.3 Å². The third kappa shape index (κ3) is 2.68. The molecular formula is C23H32N+. The molecule has 0 atom stereocenters. The highest BCUT2D eigenvalue weighted by molar-refractivity contribution is 5.66. The topological polar surface area (TPSA) is 3.88 Å².